The number of fused-ring (bicyclic) bond motifs is 1. The van der Waals surface area contributed by atoms with Gasteiger partial charge >= 0.3 is 0 Å². The Morgan fingerprint density at radius 2 is 1.88 bits per heavy atom. The van der Waals surface area contributed by atoms with E-state index in [0.29, 0.717) is 17.9 Å². The van der Waals surface area contributed by atoms with Crippen molar-refractivity contribution in [3.63, 3.8) is 0 Å². The lowest BCUT2D eigenvalue weighted by Crippen LogP contribution is -2.50. The van der Waals surface area contributed by atoms with Gasteiger partial charge in [0.2, 0.25) is 11.9 Å². The number of nitrogens with zero attached hydrogens (tertiary/aromatic N) is 8. The minimum absolute atomic E-state index is 0.00745. The second-order valence-electron chi connectivity index (χ2n) is 12.4. The minimum atomic E-state index is -1.17. The van der Waals surface area contributed by atoms with Gasteiger partial charge in [0.25, 0.3) is 11.5 Å². The molecule has 4 aromatic heterocycles. The molecular formula is C33H33ClF2N10O5. The molecule has 1 saturated heterocycles. The SMILES string of the molecule is CC1CN(C)CCN1c1cc(NC(=O)Cn2cc(-c3cc(F)c(O)c(C(N)=O)c3)c3c(=O)n(CCC(=O)c4cnn(C)c4)cnc32)c(Cl)c(F)n1. The molecule has 0 bridgehead atoms. The normalized spacial score (nSPS) is 15.0. The minimum Gasteiger partial charge on any atom is -0.504 e. The van der Waals surface area contributed by atoms with E-state index in [1.165, 1.54) is 38.6 Å². The molecule has 0 aliphatic carbocycles. The topological polar surface area (TPSA) is 186 Å². The van der Waals surface area contributed by atoms with E-state index in [-0.39, 0.29) is 52.6 Å². The van der Waals surface area contributed by atoms with Crippen LogP contribution in [-0.2, 0) is 24.9 Å². The van der Waals surface area contributed by atoms with Crippen LogP contribution < -0.4 is 21.5 Å². The number of amides is 2. The summed E-state index contributed by atoms with van der Waals surface area (Å²) < 4.78 is 33.8. The third-order valence-corrected chi connectivity index (χ3v) is 9.07. The average molecular weight is 723 g/mol. The number of anilines is 2. The maximum Gasteiger partial charge on any atom is 0.263 e. The number of pyridine rings is 1. The van der Waals surface area contributed by atoms with Crippen LogP contribution in [0.1, 0.15) is 34.1 Å². The highest BCUT2D eigenvalue weighted by molar-refractivity contribution is 6.33. The number of carbonyl (C=O) groups excluding carboxylic acids is 3. The first-order chi connectivity index (χ1) is 24.2. The molecule has 266 valence electrons. The molecule has 1 fully saturated rings. The van der Waals surface area contributed by atoms with Crippen molar-refractivity contribution in [2.45, 2.75) is 32.5 Å². The van der Waals surface area contributed by atoms with Crippen molar-refractivity contribution < 1.29 is 28.3 Å². The van der Waals surface area contributed by atoms with Crippen molar-refractivity contribution in [1.29, 1.82) is 0 Å². The summed E-state index contributed by atoms with van der Waals surface area (Å²) >= 11 is 6.22. The van der Waals surface area contributed by atoms with Crippen LogP contribution in [0.15, 0.2) is 47.9 Å². The van der Waals surface area contributed by atoms with E-state index in [0.717, 1.165) is 25.2 Å². The highest BCUT2D eigenvalue weighted by Gasteiger charge is 2.26. The predicted octanol–water partition coefficient (Wildman–Crippen LogP) is 2.78. The van der Waals surface area contributed by atoms with E-state index in [1.54, 1.807) is 13.2 Å². The summed E-state index contributed by atoms with van der Waals surface area (Å²) in [6.07, 6.45) is 5.45. The maximum absolute atomic E-state index is 14.9. The molecule has 51 heavy (non-hydrogen) atoms. The van der Waals surface area contributed by atoms with Gasteiger partial charge in [-0.2, -0.15) is 9.49 Å². The lowest BCUT2D eigenvalue weighted by atomic mass is 10.0. The average Bonchev–Trinajstić information content (AvgIpc) is 3.67. The number of ketones is 1. The molecule has 1 atom stereocenters. The van der Waals surface area contributed by atoms with Gasteiger partial charge in [-0.15, -0.1) is 0 Å². The highest BCUT2D eigenvalue weighted by atomic mass is 35.5. The summed E-state index contributed by atoms with van der Waals surface area (Å²) in [5.41, 5.74) is 4.59. The number of piperazine rings is 1. The Bertz CT molecular complexity index is 2270. The fourth-order valence-corrected chi connectivity index (χ4v) is 6.28. The van der Waals surface area contributed by atoms with Crippen molar-refractivity contribution in [2.24, 2.45) is 12.8 Å². The Morgan fingerprint density at radius 3 is 2.57 bits per heavy atom. The number of hydrogen-bond acceptors (Lipinski definition) is 10. The lowest BCUT2D eigenvalue weighted by Gasteiger charge is -2.39. The summed E-state index contributed by atoms with van der Waals surface area (Å²) in [5, 5.41) is 16.2. The van der Waals surface area contributed by atoms with Crippen LogP contribution in [0.5, 0.6) is 5.75 Å². The quantitative estimate of drug-likeness (QED) is 0.143. The van der Waals surface area contributed by atoms with Gasteiger partial charge in [0.1, 0.15) is 23.0 Å². The van der Waals surface area contributed by atoms with Crippen LogP contribution >= 0.6 is 11.6 Å². The van der Waals surface area contributed by atoms with E-state index >= 15 is 0 Å². The number of phenols is 1. The predicted molar refractivity (Wildman–Crippen MR) is 184 cm³/mol. The van der Waals surface area contributed by atoms with Crippen LogP contribution in [0.4, 0.5) is 20.3 Å². The molecule has 0 saturated carbocycles. The van der Waals surface area contributed by atoms with Crippen LogP contribution in [0.3, 0.4) is 0 Å². The maximum atomic E-state index is 14.9. The Labute approximate surface area is 293 Å². The molecule has 2 amide bonds. The number of likely N-dealkylation sites (N-methyl/N-ethyl adjacent to an activating group) is 1. The fourth-order valence-electron chi connectivity index (χ4n) is 6.14. The van der Waals surface area contributed by atoms with Gasteiger partial charge in [0, 0.05) is 69.7 Å². The number of Topliss-reactive ketones (excluding diaryl/α,β-unsaturated/α-hetero) is 1. The summed E-state index contributed by atoms with van der Waals surface area (Å²) in [4.78, 5) is 64.6. The van der Waals surface area contributed by atoms with Crippen LogP contribution in [-0.4, -0.2) is 89.2 Å². The van der Waals surface area contributed by atoms with Crippen molar-refractivity contribution in [3.8, 4) is 16.9 Å². The van der Waals surface area contributed by atoms with Crippen molar-refractivity contribution in [1.82, 2.24) is 33.8 Å². The number of rotatable bonds is 10. The van der Waals surface area contributed by atoms with Gasteiger partial charge in [0.15, 0.2) is 17.3 Å². The van der Waals surface area contributed by atoms with Crippen molar-refractivity contribution in [2.75, 3.05) is 36.9 Å². The third kappa shape index (κ3) is 7.02. The summed E-state index contributed by atoms with van der Waals surface area (Å²) in [5.74, 6) is -4.87. The zero-order valence-electron chi connectivity index (χ0n) is 27.7. The Morgan fingerprint density at radius 1 is 1.12 bits per heavy atom. The van der Waals surface area contributed by atoms with Gasteiger partial charge < -0.3 is 30.5 Å². The molecule has 1 unspecified atom stereocenters. The van der Waals surface area contributed by atoms with E-state index < -0.39 is 52.0 Å². The molecule has 5 heterocycles. The smallest absolute Gasteiger partial charge is 0.263 e. The number of halogens is 3. The first-order valence-electron chi connectivity index (χ1n) is 15.8. The molecule has 1 aliphatic rings. The van der Waals surface area contributed by atoms with Crippen LogP contribution in [0.25, 0.3) is 22.2 Å². The zero-order valence-corrected chi connectivity index (χ0v) is 28.5. The Balaban J connectivity index is 1.36. The first-order valence-corrected chi connectivity index (χ1v) is 16.1. The Kier molecular flexibility index (Phi) is 9.59. The summed E-state index contributed by atoms with van der Waals surface area (Å²) in [6.45, 7) is 3.46. The molecule has 6 rings (SSSR count). The third-order valence-electron chi connectivity index (χ3n) is 8.71. The lowest BCUT2D eigenvalue weighted by molar-refractivity contribution is -0.116. The number of aryl methyl sites for hydroxylation is 2. The molecule has 4 N–H and O–H groups in total. The number of benzene rings is 1. The number of aromatic hydroxyl groups is 1. The van der Waals surface area contributed by atoms with Gasteiger partial charge in [-0.1, -0.05) is 11.6 Å². The number of nitrogens with two attached hydrogens (primary N) is 1. The van der Waals surface area contributed by atoms with Gasteiger partial charge in [-0.25, -0.2) is 14.4 Å². The standard InChI is InChI=1S/C33H33ClF2N10O5/c1-17-12-42(2)6-7-46(17)25-10-23(28(34)30(36)41-25)40-26(48)15-45-14-21(18-8-20(31(37)50)29(49)22(35)9-18)27-32(45)38-16-44(33(27)51)5-4-24(47)19-11-39-43(3)13-19/h8-11,13-14,16-17,49H,4-7,12,15H2,1-3H3,(H2,37,50)(H,40,41,48). The first kappa shape index (κ1) is 35.2. The highest BCUT2D eigenvalue weighted by Crippen LogP contribution is 2.34. The van der Waals surface area contributed by atoms with E-state index in [2.05, 4.69) is 25.3 Å². The molecular weight excluding hydrogens is 690 g/mol. The molecule has 1 aromatic carbocycles. The van der Waals surface area contributed by atoms with Crippen LogP contribution in [0, 0.1) is 11.8 Å². The fraction of sp³-hybridized carbons (Fsp3) is 0.303. The largest absolute Gasteiger partial charge is 0.504 e. The second kappa shape index (κ2) is 13.9. The van der Waals surface area contributed by atoms with Gasteiger partial charge in [0.05, 0.1) is 34.7 Å². The molecule has 1 aliphatic heterocycles. The Hall–Kier alpha value is -5.68. The van der Waals surface area contributed by atoms with Crippen molar-refractivity contribution in [3.05, 3.63) is 81.4 Å². The van der Waals surface area contributed by atoms with E-state index in [9.17, 15) is 33.1 Å². The number of carbonyl (C=O) groups is 3. The molecule has 0 spiro atoms. The number of hydrogen-bond donors (Lipinski definition) is 3. The second-order valence-corrected chi connectivity index (χ2v) is 12.8. The summed E-state index contributed by atoms with van der Waals surface area (Å²) in [6, 6.07) is 3.51. The molecule has 18 heteroatoms. The van der Waals surface area contributed by atoms with Crippen molar-refractivity contribution >= 4 is 51.7 Å². The van der Waals surface area contributed by atoms with Gasteiger partial charge in [-0.3, -0.25) is 28.4 Å². The van der Waals surface area contributed by atoms with Gasteiger partial charge in [-0.05, 0) is 31.7 Å². The monoisotopic (exact) mass is 722 g/mol. The van der Waals surface area contributed by atoms with E-state index in [1.807, 2.05) is 18.9 Å². The van der Waals surface area contributed by atoms with Crippen LogP contribution in [0.2, 0.25) is 5.02 Å². The zero-order chi connectivity index (χ0) is 36.7. The molecule has 5 aromatic rings. The number of aromatic nitrogens is 6. The summed E-state index contributed by atoms with van der Waals surface area (Å²) in [7, 11) is 3.65. The number of primary amides is 1. The molecule has 0 radical (unpaired) electrons. The molecule has 15 nitrogen and oxygen atoms in total. The van der Waals surface area contributed by atoms with E-state index in [4.69, 9.17) is 17.3 Å². The number of nitrogens with one attached hydrogen (secondary N) is 1.